The lowest BCUT2D eigenvalue weighted by Gasteiger charge is -2.19. The van der Waals surface area contributed by atoms with Crippen molar-refractivity contribution in [3.63, 3.8) is 0 Å². The third kappa shape index (κ3) is 4.45. The van der Waals surface area contributed by atoms with Gasteiger partial charge in [-0.05, 0) is 66.9 Å². The molecule has 3 N–H and O–H groups in total. The first-order chi connectivity index (χ1) is 13.7. The van der Waals surface area contributed by atoms with Gasteiger partial charge in [-0.15, -0.1) is 0 Å². The molecule has 4 rings (SSSR count). The lowest BCUT2D eigenvalue weighted by molar-refractivity contribution is -0.123. The minimum absolute atomic E-state index is 0.0988. The number of ether oxygens (including phenoxy) is 3. The van der Waals surface area contributed by atoms with Crippen molar-refractivity contribution in [2.24, 2.45) is 0 Å². The Morgan fingerprint density at radius 3 is 2.71 bits per heavy atom. The van der Waals surface area contributed by atoms with Crippen molar-refractivity contribution in [3.05, 3.63) is 47.5 Å². The Kier molecular flexibility index (Phi) is 5.48. The molecule has 1 aliphatic heterocycles. The van der Waals surface area contributed by atoms with E-state index >= 15 is 0 Å². The van der Waals surface area contributed by atoms with E-state index in [4.69, 9.17) is 26.4 Å². The summed E-state index contributed by atoms with van der Waals surface area (Å²) in [5.41, 5.74) is 8.57. The molecule has 0 atom stereocenters. The van der Waals surface area contributed by atoms with Gasteiger partial charge in [-0.25, -0.2) is 0 Å². The minimum atomic E-state index is -0.327. The van der Waals surface area contributed by atoms with Gasteiger partial charge in [-0.1, -0.05) is 6.07 Å². The van der Waals surface area contributed by atoms with Gasteiger partial charge in [-0.2, -0.15) is 0 Å². The monoisotopic (exact) mass is 399 g/mol. The highest BCUT2D eigenvalue weighted by molar-refractivity contribution is 7.80. The molecule has 0 unspecified atom stereocenters. The summed E-state index contributed by atoms with van der Waals surface area (Å²) in [5.74, 6) is 1.73. The summed E-state index contributed by atoms with van der Waals surface area (Å²) in [7, 11) is 0. The number of carbonyl (C=O) groups excluding carboxylic acids is 1. The van der Waals surface area contributed by atoms with Crippen LogP contribution in [0.25, 0.3) is 0 Å². The fraction of sp³-hybridized carbons (Fsp3) is 0.300. The standard InChI is InChI=1S/C20H21N3O4S/c24-19(12-27-16-6-4-13-2-1-3-14(13)10-16)22-23-20(28)21-15-5-7-17-18(11-15)26-9-8-25-17/h4-7,10-11H,1-3,8-9,12H2,(H,22,24)(H2,21,23,28). The molecule has 0 radical (unpaired) electrons. The average molecular weight is 399 g/mol. The average Bonchev–Trinajstić information content (AvgIpc) is 3.18. The van der Waals surface area contributed by atoms with Crippen molar-refractivity contribution in [2.45, 2.75) is 19.3 Å². The molecule has 2 aromatic carbocycles. The molecular formula is C20H21N3O4S. The van der Waals surface area contributed by atoms with E-state index in [1.165, 1.54) is 17.5 Å². The van der Waals surface area contributed by atoms with Crippen molar-refractivity contribution >= 4 is 28.9 Å². The zero-order valence-electron chi connectivity index (χ0n) is 15.2. The topological polar surface area (TPSA) is 80.9 Å². The number of hydrogen-bond donors (Lipinski definition) is 3. The van der Waals surface area contributed by atoms with Crippen molar-refractivity contribution < 1.29 is 19.0 Å². The molecule has 28 heavy (non-hydrogen) atoms. The number of nitrogens with one attached hydrogen (secondary N) is 3. The second-order valence-electron chi connectivity index (χ2n) is 6.56. The Hall–Kier alpha value is -3.00. The quantitative estimate of drug-likeness (QED) is 0.538. The maximum Gasteiger partial charge on any atom is 0.276 e. The van der Waals surface area contributed by atoms with Gasteiger partial charge < -0.3 is 19.5 Å². The van der Waals surface area contributed by atoms with Crippen LogP contribution in [-0.4, -0.2) is 30.8 Å². The molecule has 2 aliphatic rings. The van der Waals surface area contributed by atoms with Gasteiger partial charge >= 0.3 is 0 Å². The molecule has 1 heterocycles. The van der Waals surface area contributed by atoms with Crippen LogP contribution in [0, 0.1) is 0 Å². The Bertz CT molecular complexity index is 903. The SMILES string of the molecule is O=C(COc1ccc2c(c1)CCC2)NNC(=S)Nc1ccc2c(c1)OCCO2. The van der Waals surface area contributed by atoms with Crippen LogP contribution in [0.4, 0.5) is 5.69 Å². The van der Waals surface area contributed by atoms with E-state index in [0.29, 0.717) is 30.5 Å². The smallest absolute Gasteiger partial charge is 0.276 e. The molecule has 8 heteroatoms. The number of anilines is 1. The third-order valence-electron chi connectivity index (χ3n) is 4.56. The number of aryl methyl sites for hydroxylation is 2. The highest BCUT2D eigenvalue weighted by atomic mass is 32.1. The molecule has 7 nitrogen and oxygen atoms in total. The van der Waals surface area contributed by atoms with Gasteiger partial charge in [0, 0.05) is 11.8 Å². The van der Waals surface area contributed by atoms with Gasteiger partial charge in [0.1, 0.15) is 19.0 Å². The number of benzene rings is 2. The van der Waals surface area contributed by atoms with Gasteiger partial charge in [-0.3, -0.25) is 15.6 Å². The van der Waals surface area contributed by atoms with Crippen LogP contribution in [0.5, 0.6) is 17.2 Å². The minimum Gasteiger partial charge on any atom is -0.486 e. The van der Waals surface area contributed by atoms with Crippen molar-refractivity contribution in [1.29, 1.82) is 0 Å². The van der Waals surface area contributed by atoms with Crippen molar-refractivity contribution in [3.8, 4) is 17.2 Å². The van der Waals surface area contributed by atoms with Crippen LogP contribution in [-0.2, 0) is 17.6 Å². The Balaban J connectivity index is 1.21. The summed E-state index contributed by atoms with van der Waals surface area (Å²) in [6, 6.07) is 11.4. The normalized spacial score (nSPS) is 14.0. The molecule has 1 aliphatic carbocycles. The first-order valence-corrected chi connectivity index (χ1v) is 9.58. The Morgan fingerprint density at radius 2 is 1.82 bits per heavy atom. The van der Waals surface area contributed by atoms with E-state index in [0.717, 1.165) is 18.5 Å². The molecular weight excluding hydrogens is 378 g/mol. The van der Waals surface area contributed by atoms with Crippen molar-refractivity contribution in [2.75, 3.05) is 25.1 Å². The van der Waals surface area contributed by atoms with Crippen LogP contribution in [0.2, 0.25) is 0 Å². The summed E-state index contributed by atoms with van der Waals surface area (Å²) >= 11 is 5.19. The zero-order chi connectivity index (χ0) is 19.3. The van der Waals surface area contributed by atoms with Crippen LogP contribution < -0.4 is 30.4 Å². The summed E-state index contributed by atoms with van der Waals surface area (Å²) in [6.45, 7) is 0.956. The summed E-state index contributed by atoms with van der Waals surface area (Å²) in [4.78, 5) is 12.0. The van der Waals surface area contributed by atoms with E-state index < -0.39 is 0 Å². The fourth-order valence-electron chi connectivity index (χ4n) is 3.23. The first kappa shape index (κ1) is 18.4. The maximum absolute atomic E-state index is 12.0. The molecule has 0 saturated carbocycles. The molecule has 0 fully saturated rings. The predicted octanol–water partition coefficient (Wildman–Crippen LogP) is 2.34. The molecule has 0 bridgehead atoms. The molecule has 1 amide bonds. The summed E-state index contributed by atoms with van der Waals surface area (Å²) in [6.07, 6.45) is 3.37. The number of carbonyl (C=O) groups is 1. The number of hydrazine groups is 1. The van der Waals surface area contributed by atoms with E-state index in [2.05, 4.69) is 22.2 Å². The highest BCUT2D eigenvalue weighted by Gasteiger charge is 2.13. The molecule has 0 aromatic heterocycles. The number of amides is 1. The predicted molar refractivity (Wildman–Crippen MR) is 109 cm³/mol. The van der Waals surface area contributed by atoms with Crippen LogP contribution in [0.3, 0.4) is 0 Å². The van der Waals surface area contributed by atoms with Gasteiger partial charge in [0.05, 0.1) is 0 Å². The zero-order valence-corrected chi connectivity index (χ0v) is 16.1. The van der Waals surface area contributed by atoms with Crippen LogP contribution in [0.1, 0.15) is 17.5 Å². The summed E-state index contributed by atoms with van der Waals surface area (Å²) < 4.78 is 16.6. The molecule has 146 valence electrons. The number of rotatable bonds is 4. The summed E-state index contributed by atoms with van der Waals surface area (Å²) in [5, 5.41) is 3.23. The fourth-order valence-corrected chi connectivity index (χ4v) is 3.40. The van der Waals surface area contributed by atoms with Gasteiger partial charge in [0.2, 0.25) is 0 Å². The number of hydrogen-bond acceptors (Lipinski definition) is 5. The van der Waals surface area contributed by atoms with Gasteiger partial charge in [0.15, 0.2) is 23.2 Å². The van der Waals surface area contributed by atoms with E-state index in [9.17, 15) is 4.79 Å². The molecule has 0 spiro atoms. The van der Waals surface area contributed by atoms with Crippen LogP contribution in [0.15, 0.2) is 36.4 Å². The highest BCUT2D eigenvalue weighted by Crippen LogP contribution is 2.32. The first-order valence-electron chi connectivity index (χ1n) is 9.17. The maximum atomic E-state index is 12.0. The largest absolute Gasteiger partial charge is 0.486 e. The molecule has 0 saturated heterocycles. The second-order valence-corrected chi connectivity index (χ2v) is 6.97. The lowest BCUT2D eigenvalue weighted by Crippen LogP contribution is -2.45. The lowest BCUT2D eigenvalue weighted by atomic mass is 10.1. The second kappa shape index (κ2) is 8.35. The van der Waals surface area contributed by atoms with E-state index in [1.807, 2.05) is 24.3 Å². The van der Waals surface area contributed by atoms with Crippen LogP contribution >= 0.6 is 12.2 Å². The van der Waals surface area contributed by atoms with E-state index in [-0.39, 0.29) is 17.6 Å². The van der Waals surface area contributed by atoms with Crippen molar-refractivity contribution in [1.82, 2.24) is 10.9 Å². The van der Waals surface area contributed by atoms with Gasteiger partial charge in [0.25, 0.3) is 5.91 Å². The number of thiocarbonyl (C=S) groups is 1. The van der Waals surface area contributed by atoms with E-state index in [1.54, 1.807) is 6.07 Å². The molecule has 2 aromatic rings. The number of fused-ring (bicyclic) bond motifs is 2. The Labute approximate surface area is 168 Å². The Morgan fingerprint density at radius 1 is 1.00 bits per heavy atom. The third-order valence-corrected chi connectivity index (χ3v) is 4.76.